The van der Waals surface area contributed by atoms with Crippen LogP contribution in [0, 0.1) is 0 Å². The standard InChI is InChI=1S/C11H15N5/c1-12-6-5-10-14-11(15-16(10)2)9-3-7-13-8-4-9/h3-4,7-8,12H,5-6H2,1-2H3. The van der Waals surface area contributed by atoms with Crippen LogP contribution in [0.25, 0.3) is 11.4 Å². The van der Waals surface area contributed by atoms with Crippen molar-refractivity contribution in [2.45, 2.75) is 6.42 Å². The molecule has 0 aliphatic heterocycles. The summed E-state index contributed by atoms with van der Waals surface area (Å²) < 4.78 is 1.83. The molecule has 0 amide bonds. The predicted molar refractivity (Wildman–Crippen MR) is 61.9 cm³/mol. The highest BCUT2D eigenvalue weighted by molar-refractivity contribution is 5.53. The van der Waals surface area contributed by atoms with Crippen molar-refractivity contribution in [2.24, 2.45) is 7.05 Å². The largest absolute Gasteiger partial charge is 0.319 e. The summed E-state index contributed by atoms with van der Waals surface area (Å²) in [6, 6.07) is 3.83. The summed E-state index contributed by atoms with van der Waals surface area (Å²) in [5.74, 6) is 1.75. The fourth-order valence-corrected chi connectivity index (χ4v) is 1.49. The van der Waals surface area contributed by atoms with E-state index < -0.39 is 0 Å². The van der Waals surface area contributed by atoms with Crippen molar-refractivity contribution in [3.63, 3.8) is 0 Å². The number of pyridine rings is 1. The van der Waals surface area contributed by atoms with Gasteiger partial charge in [0.05, 0.1) is 0 Å². The lowest BCUT2D eigenvalue weighted by atomic mass is 10.2. The highest BCUT2D eigenvalue weighted by Crippen LogP contribution is 2.13. The second-order valence-corrected chi connectivity index (χ2v) is 3.56. The molecule has 2 aromatic heterocycles. The summed E-state index contributed by atoms with van der Waals surface area (Å²) in [5.41, 5.74) is 1.00. The minimum atomic E-state index is 0.760. The molecule has 0 fully saturated rings. The van der Waals surface area contributed by atoms with Crippen LogP contribution < -0.4 is 5.32 Å². The second kappa shape index (κ2) is 4.85. The molecular formula is C11H15N5. The number of likely N-dealkylation sites (N-methyl/N-ethyl adjacent to an activating group) is 1. The van der Waals surface area contributed by atoms with Gasteiger partial charge in [-0.2, -0.15) is 5.10 Å². The first-order valence-electron chi connectivity index (χ1n) is 5.26. The Morgan fingerprint density at radius 2 is 2.06 bits per heavy atom. The Bertz CT molecular complexity index is 449. The lowest BCUT2D eigenvalue weighted by molar-refractivity contribution is 0.671. The van der Waals surface area contributed by atoms with Gasteiger partial charge >= 0.3 is 0 Å². The van der Waals surface area contributed by atoms with Crippen LogP contribution in [0.2, 0.25) is 0 Å². The van der Waals surface area contributed by atoms with Crippen LogP contribution in [0.4, 0.5) is 0 Å². The van der Waals surface area contributed by atoms with E-state index in [1.54, 1.807) is 12.4 Å². The minimum Gasteiger partial charge on any atom is -0.319 e. The zero-order valence-electron chi connectivity index (χ0n) is 9.51. The zero-order chi connectivity index (χ0) is 11.4. The van der Waals surface area contributed by atoms with Gasteiger partial charge in [-0.1, -0.05) is 0 Å². The molecule has 1 N–H and O–H groups in total. The van der Waals surface area contributed by atoms with Crippen molar-refractivity contribution >= 4 is 0 Å². The third-order valence-corrected chi connectivity index (χ3v) is 2.39. The molecule has 84 valence electrons. The second-order valence-electron chi connectivity index (χ2n) is 3.56. The summed E-state index contributed by atoms with van der Waals surface area (Å²) in [6.07, 6.45) is 4.38. The van der Waals surface area contributed by atoms with Crippen molar-refractivity contribution < 1.29 is 0 Å². The summed E-state index contributed by atoms with van der Waals surface area (Å²) >= 11 is 0. The van der Waals surface area contributed by atoms with Crippen molar-refractivity contribution in [1.29, 1.82) is 0 Å². The number of hydrogen-bond donors (Lipinski definition) is 1. The van der Waals surface area contributed by atoms with Gasteiger partial charge in [-0.15, -0.1) is 0 Å². The summed E-state index contributed by atoms with van der Waals surface area (Å²) in [4.78, 5) is 8.48. The van der Waals surface area contributed by atoms with E-state index in [-0.39, 0.29) is 0 Å². The maximum Gasteiger partial charge on any atom is 0.181 e. The molecule has 0 unspecified atom stereocenters. The Hall–Kier alpha value is -1.75. The first-order chi connectivity index (χ1) is 7.81. The number of rotatable bonds is 4. The fraction of sp³-hybridized carbons (Fsp3) is 0.364. The normalized spacial score (nSPS) is 10.6. The predicted octanol–water partition coefficient (Wildman–Crippen LogP) is 0.639. The molecule has 0 atom stereocenters. The van der Waals surface area contributed by atoms with Crippen molar-refractivity contribution in [3.8, 4) is 11.4 Å². The molecule has 0 bridgehead atoms. The van der Waals surface area contributed by atoms with Gasteiger partial charge in [-0.3, -0.25) is 9.67 Å². The number of hydrogen-bond acceptors (Lipinski definition) is 4. The van der Waals surface area contributed by atoms with Gasteiger partial charge in [0.25, 0.3) is 0 Å². The van der Waals surface area contributed by atoms with Crippen molar-refractivity contribution in [3.05, 3.63) is 30.4 Å². The highest BCUT2D eigenvalue weighted by atomic mass is 15.3. The van der Waals surface area contributed by atoms with Gasteiger partial charge in [-0.05, 0) is 19.2 Å². The van der Waals surface area contributed by atoms with Crippen molar-refractivity contribution in [1.82, 2.24) is 25.1 Å². The first kappa shape index (κ1) is 10.8. The van der Waals surface area contributed by atoms with Crippen LogP contribution in [-0.4, -0.2) is 33.3 Å². The van der Waals surface area contributed by atoms with E-state index >= 15 is 0 Å². The molecule has 0 aliphatic carbocycles. The van der Waals surface area contributed by atoms with Crippen LogP contribution in [0.5, 0.6) is 0 Å². The van der Waals surface area contributed by atoms with Crippen LogP contribution in [0.1, 0.15) is 5.82 Å². The molecule has 5 heteroatoms. The zero-order valence-corrected chi connectivity index (χ0v) is 9.51. The first-order valence-corrected chi connectivity index (χ1v) is 5.26. The molecule has 0 aromatic carbocycles. The Kier molecular flexibility index (Phi) is 3.26. The summed E-state index contributed by atoms with van der Waals surface area (Å²) in [7, 11) is 3.85. The average Bonchev–Trinajstić information content (AvgIpc) is 2.69. The maximum absolute atomic E-state index is 4.50. The number of aromatic nitrogens is 4. The molecule has 0 saturated carbocycles. The Morgan fingerprint density at radius 3 is 2.75 bits per heavy atom. The van der Waals surface area contributed by atoms with E-state index in [0.29, 0.717) is 0 Å². The summed E-state index contributed by atoms with van der Waals surface area (Å²) in [6.45, 7) is 0.905. The molecule has 2 aromatic rings. The average molecular weight is 217 g/mol. The van der Waals surface area contributed by atoms with Gasteiger partial charge in [0, 0.05) is 38.0 Å². The van der Waals surface area contributed by atoms with E-state index in [2.05, 4.69) is 20.4 Å². The lowest BCUT2D eigenvalue weighted by Gasteiger charge is -1.97. The quantitative estimate of drug-likeness (QED) is 0.816. The summed E-state index contributed by atoms with van der Waals surface area (Å²) in [5, 5.41) is 7.49. The van der Waals surface area contributed by atoms with Gasteiger partial charge < -0.3 is 5.32 Å². The number of nitrogens with one attached hydrogen (secondary N) is 1. The van der Waals surface area contributed by atoms with Gasteiger partial charge in [0.1, 0.15) is 5.82 Å². The van der Waals surface area contributed by atoms with Crippen molar-refractivity contribution in [2.75, 3.05) is 13.6 Å². The molecule has 2 rings (SSSR count). The molecule has 16 heavy (non-hydrogen) atoms. The fourth-order valence-electron chi connectivity index (χ4n) is 1.49. The Labute approximate surface area is 94.5 Å². The van der Waals surface area contributed by atoms with Crippen LogP contribution in [0.15, 0.2) is 24.5 Å². The highest BCUT2D eigenvalue weighted by Gasteiger charge is 2.07. The molecule has 5 nitrogen and oxygen atoms in total. The Balaban J connectivity index is 2.24. The molecule has 2 heterocycles. The third kappa shape index (κ3) is 2.25. The molecule has 0 aliphatic rings. The molecule has 0 spiro atoms. The molecule has 0 saturated heterocycles. The van der Waals surface area contributed by atoms with Crippen LogP contribution >= 0.6 is 0 Å². The number of aryl methyl sites for hydroxylation is 1. The van der Waals surface area contributed by atoms with Gasteiger partial charge in [0.15, 0.2) is 5.82 Å². The van der Waals surface area contributed by atoms with E-state index in [1.165, 1.54) is 0 Å². The molecule has 0 radical (unpaired) electrons. The SMILES string of the molecule is CNCCc1nc(-c2ccncc2)nn1C. The van der Waals surface area contributed by atoms with E-state index in [9.17, 15) is 0 Å². The van der Waals surface area contributed by atoms with Gasteiger partial charge in [-0.25, -0.2) is 4.98 Å². The van der Waals surface area contributed by atoms with Gasteiger partial charge in [0.2, 0.25) is 0 Å². The third-order valence-electron chi connectivity index (χ3n) is 2.39. The van der Waals surface area contributed by atoms with Crippen LogP contribution in [0.3, 0.4) is 0 Å². The van der Waals surface area contributed by atoms with Crippen LogP contribution in [-0.2, 0) is 13.5 Å². The lowest BCUT2D eigenvalue weighted by Crippen LogP contribution is -2.13. The van der Waals surface area contributed by atoms with E-state index in [1.807, 2.05) is 30.9 Å². The number of nitrogens with zero attached hydrogens (tertiary/aromatic N) is 4. The molecular weight excluding hydrogens is 202 g/mol. The Morgan fingerprint density at radius 1 is 1.31 bits per heavy atom. The smallest absolute Gasteiger partial charge is 0.181 e. The monoisotopic (exact) mass is 217 g/mol. The maximum atomic E-state index is 4.50. The van der Waals surface area contributed by atoms with E-state index in [4.69, 9.17) is 0 Å². The topological polar surface area (TPSA) is 55.6 Å². The minimum absolute atomic E-state index is 0.760. The van der Waals surface area contributed by atoms with E-state index in [0.717, 1.165) is 30.2 Å².